The van der Waals surface area contributed by atoms with Crippen LogP contribution in [0.25, 0.3) is 0 Å². The quantitative estimate of drug-likeness (QED) is 0.528. The first-order chi connectivity index (χ1) is 15.6. The Morgan fingerprint density at radius 3 is 2.50 bits per heavy atom. The predicted molar refractivity (Wildman–Crippen MR) is 121 cm³/mol. The summed E-state index contributed by atoms with van der Waals surface area (Å²) in [6, 6.07) is 18.8. The van der Waals surface area contributed by atoms with Crippen LogP contribution in [0.15, 0.2) is 76.1 Å². The summed E-state index contributed by atoms with van der Waals surface area (Å²) in [5, 5.41) is 0. The van der Waals surface area contributed by atoms with Crippen LogP contribution in [0.5, 0.6) is 5.75 Å². The second-order valence-corrected chi connectivity index (χ2v) is 7.65. The fourth-order valence-electron chi connectivity index (χ4n) is 3.72. The molecule has 7 heteroatoms. The molecule has 3 aromatic rings. The molecule has 1 saturated heterocycles. The third kappa shape index (κ3) is 5.36. The summed E-state index contributed by atoms with van der Waals surface area (Å²) in [7, 11) is 1.33. The number of carbonyl (C=O) groups excluding carboxylic acids is 1. The first-order valence-electron chi connectivity index (χ1n) is 10.6. The molecule has 32 heavy (non-hydrogen) atoms. The van der Waals surface area contributed by atoms with Crippen molar-refractivity contribution in [1.82, 2.24) is 4.90 Å². The highest BCUT2D eigenvalue weighted by atomic mass is 16.5. The Bertz CT molecular complexity index is 1100. The van der Waals surface area contributed by atoms with E-state index in [0.29, 0.717) is 17.9 Å². The highest BCUT2D eigenvalue weighted by Gasteiger charge is 2.18. The van der Waals surface area contributed by atoms with Gasteiger partial charge in [0.15, 0.2) is 0 Å². The molecule has 0 spiro atoms. The van der Waals surface area contributed by atoms with Crippen LogP contribution in [0.3, 0.4) is 0 Å². The van der Waals surface area contributed by atoms with E-state index in [1.165, 1.54) is 25.1 Å². The summed E-state index contributed by atoms with van der Waals surface area (Å²) in [5.74, 6) is 0.342. The van der Waals surface area contributed by atoms with Crippen molar-refractivity contribution < 1.29 is 18.7 Å². The molecule has 1 fully saturated rings. The van der Waals surface area contributed by atoms with Crippen molar-refractivity contribution >= 4 is 11.7 Å². The van der Waals surface area contributed by atoms with E-state index < -0.39 is 5.97 Å². The fraction of sp³-hybridized carbons (Fsp3) is 0.280. The van der Waals surface area contributed by atoms with Gasteiger partial charge in [-0.15, -0.1) is 0 Å². The molecule has 0 atom stereocenters. The predicted octanol–water partition coefficient (Wildman–Crippen LogP) is 3.33. The smallest absolute Gasteiger partial charge is 0.337 e. The van der Waals surface area contributed by atoms with Gasteiger partial charge in [0, 0.05) is 37.9 Å². The topological polar surface area (TPSA) is 72.2 Å². The zero-order valence-electron chi connectivity index (χ0n) is 18.0. The average molecular weight is 434 g/mol. The number of carbonyl (C=O) groups is 1. The third-order valence-corrected chi connectivity index (χ3v) is 5.47. The van der Waals surface area contributed by atoms with Crippen molar-refractivity contribution in [3.05, 3.63) is 94.0 Å². The molecule has 0 bridgehead atoms. The summed E-state index contributed by atoms with van der Waals surface area (Å²) in [4.78, 5) is 28.8. The Morgan fingerprint density at radius 1 is 1.00 bits per heavy atom. The molecule has 2 heterocycles. The number of methoxy groups -OCH3 is 1. The Hall–Kier alpha value is -3.58. The van der Waals surface area contributed by atoms with Gasteiger partial charge >= 0.3 is 5.97 Å². The fourth-order valence-corrected chi connectivity index (χ4v) is 3.72. The van der Waals surface area contributed by atoms with Crippen LogP contribution in [-0.4, -0.2) is 44.2 Å². The van der Waals surface area contributed by atoms with Gasteiger partial charge in [-0.3, -0.25) is 9.69 Å². The Labute approximate surface area is 186 Å². The number of hydrogen-bond acceptors (Lipinski definition) is 7. The summed E-state index contributed by atoms with van der Waals surface area (Å²) in [6.45, 7) is 4.39. The number of rotatable bonds is 7. The minimum absolute atomic E-state index is 0.145. The number of benzene rings is 2. The minimum Gasteiger partial charge on any atom is -0.482 e. The highest BCUT2D eigenvalue weighted by Crippen LogP contribution is 2.17. The summed E-state index contributed by atoms with van der Waals surface area (Å²) in [5.41, 5.74) is 2.20. The van der Waals surface area contributed by atoms with Gasteiger partial charge in [-0.25, -0.2) is 4.79 Å². The van der Waals surface area contributed by atoms with E-state index in [9.17, 15) is 9.59 Å². The third-order valence-electron chi connectivity index (χ3n) is 5.47. The van der Waals surface area contributed by atoms with E-state index in [4.69, 9.17) is 13.9 Å². The van der Waals surface area contributed by atoms with Crippen molar-refractivity contribution in [3.63, 3.8) is 0 Å². The number of hydrogen-bond donors (Lipinski definition) is 0. The number of ether oxygens (including phenoxy) is 2. The summed E-state index contributed by atoms with van der Waals surface area (Å²) < 4.78 is 16.0. The maximum absolute atomic E-state index is 12.5. The first kappa shape index (κ1) is 21.6. The van der Waals surface area contributed by atoms with Crippen LogP contribution >= 0.6 is 0 Å². The number of piperazine rings is 1. The molecule has 1 aliphatic rings. The van der Waals surface area contributed by atoms with Crippen LogP contribution in [0.1, 0.15) is 21.7 Å². The van der Waals surface area contributed by atoms with E-state index >= 15 is 0 Å². The van der Waals surface area contributed by atoms with Gasteiger partial charge in [-0.2, -0.15) is 0 Å². The van der Waals surface area contributed by atoms with Gasteiger partial charge in [0.25, 0.3) is 0 Å². The molecule has 4 rings (SSSR count). The maximum Gasteiger partial charge on any atom is 0.337 e. The molecular formula is C25H26N2O5. The van der Waals surface area contributed by atoms with E-state index in [2.05, 4.69) is 34.1 Å². The lowest BCUT2D eigenvalue weighted by Gasteiger charge is -2.35. The van der Waals surface area contributed by atoms with Crippen molar-refractivity contribution in [2.45, 2.75) is 13.2 Å². The lowest BCUT2D eigenvalue weighted by Crippen LogP contribution is -2.46. The molecule has 2 aromatic carbocycles. The molecule has 0 saturated carbocycles. The van der Waals surface area contributed by atoms with E-state index in [0.717, 1.165) is 31.7 Å². The van der Waals surface area contributed by atoms with Gasteiger partial charge in [-0.05, 0) is 29.8 Å². The molecule has 7 nitrogen and oxygen atoms in total. The highest BCUT2D eigenvalue weighted by molar-refractivity contribution is 5.89. The number of para-hydroxylation sites is 1. The maximum atomic E-state index is 12.5. The largest absolute Gasteiger partial charge is 0.482 e. The van der Waals surface area contributed by atoms with Crippen molar-refractivity contribution in [2.75, 3.05) is 38.2 Å². The first-order valence-corrected chi connectivity index (χ1v) is 10.6. The molecule has 0 aliphatic carbocycles. The summed E-state index contributed by atoms with van der Waals surface area (Å²) >= 11 is 0. The molecular weight excluding hydrogens is 408 g/mol. The van der Waals surface area contributed by atoms with Crippen LogP contribution < -0.4 is 15.1 Å². The van der Waals surface area contributed by atoms with Crippen LogP contribution in [0.4, 0.5) is 5.69 Å². The normalized spacial score (nSPS) is 14.2. The van der Waals surface area contributed by atoms with Crippen LogP contribution in [0.2, 0.25) is 0 Å². The van der Waals surface area contributed by atoms with E-state index in [1.54, 1.807) is 18.2 Å². The molecule has 1 aromatic heterocycles. The van der Waals surface area contributed by atoms with Gasteiger partial charge in [0.1, 0.15) is 18.6 Å². The Morgan fingerprint density at radius 2 is 1.78 bits per heavy atom. The van der Waals surface area contributed by atoms with Gasteiger partial charge in [0.05, 0.1) is 19.2 Å². The van der Waals surface area contributed by atoms with Gasteiger partial charge in [-0.1, -0.05) is 30.3 Å². The molecule has 166 valence electrons. The zero-order valence-corrected chi connectivity index (χ0v) is 18.0. The van der Waals surface area contributed by atoms with Crippen LogP contribution in [0, 0.1) is 0 Å². The number of nitrogens with zero attached hydrogens (tertiary/aromatic N) is 2. The van der Waals surface area contributed by atoms with Gasteiger partial charge in [0.2, 0.25) is 11.2 Å². The molecule has 0 radical (unpaired) electrons. The molecule has 0 N–H and O–H groups in total. The van der Waals surface area contributed by atoms with Crippen molar-refractivity contribution in [2.24, 2.45) is 0 Å². The second-order valence-electron chi connectivity index (χ2n) is 7.65. The van der Waals surface area contributed by atoms with E-state index in [-0.39, 0.29) is 17.8 Å². The Balaban J connectivity index is 1.31. The van der Waals surface area contributed by atoms with E-state index in [1.807, 2.05) is 12.1 Å². The Kier molecular flexibility index (Phi) is 6.87. The number of anilines is 1. The van der Waals surface area contributed by atoms with Crippen LogP contribution in [-0.2, 0) is 17.9 Å². The molecule has 1 aliphatic heterocycles. The standard InChI is InChI=1S/C25H26N2O5/c1-30-25(29)20-7-5-6-19(14-20)17-32-24-18-31-22(15-23(24)28)16-26-10-12-27(13-11-26)21-8-3-2-4-9-21/h2-9,14-15,18H,10-13,16-17H2,1H3. The van der Waals surface area contributed by atoms with Crippen molar-refractivity contribution in [1.29, 1.82) is 0 Å². The zero-order chi connectivity index (χ0) is 22.3. The number of esters is 1. The lowest BCUT2D eigenvalue weighted by molar-refractivity contribution is 0.0600. The lowest BCUT2D eigenvalue weighted by atomic mass is 10.1. The van der Waals surface area contributed by atoms with Gasteiger partial charge < -0.3 is 18.8 Å². The monoisotopic (exact) mass is 434 g/mol. The molecule has 0 amide bonds. The summed E-state index contributed by atoms with van der Waals surface area (Å²) in [6.07, 6.45) is 1.36. The average Bonchev–Trinajstić information content (AvgIpc) is 2.84. The second kappa shape index (κ2) is 10.2. The minimum atomic E-state index is -0.416. The molecule has 0 unspecified atom stereocenters. The SMILES string of the molecule is COC(=O)c1cccc(COc2coc(CN3CCN(c4ccccc4)CC3)cc2=O)c1. The van der Waals surface area contributed by atoms with Crippen molar-refractivity contribution in [3.8, 4) is 5.75 Å².